The van der Waals surface area contributed by atoms with Gasteiger partial charge in [0.1, 0.15) is 5.82 Å². The van der Waals surface area contributed by atoms with Gasteiger partial charge in [-0.1, -0.05) is 30.3 Å². The van der Waals surface area contributed by atoms with Crippen molar-refractivity contribution in [2.75, 3.05) is 20.1 Å². The zero-order chi connectivity index (χ0) is 19.2. The number of nitrogens with one attached hydrogen (secondary N) is 2. The van der Waals surface area contributed by atoms with Crippen LogP contribution < -0.4 is 11.1 Å². The number of nitrogens with two attached hydrogens (primary N) is 1. The molecule has 0 saturated heterocycles. The van der Waals surface area contributed by atoms with Crippen LogP contribution in [-0.2, 0) is 11.3 Å². The van der Waals surface area contributed by atoms with Gasteiger partial charge in [-0.25, -0.2) is 4.98 Å². The highest BCUT2D eigenvalue weighted by Crippen LogP contribution is 2.17. The van der Waals surface area contributed by atoms with Gasteiger partial charge in [-0.3, -0.25) is 9.79 Å². The number of amides is 1. The fourth-order valence-corrected chi connectivity index (χ4v) is 2.33. The molecule has 1 heterocycles. The molecule has 7 heteroatoms. The molecule has 0 bridgehead atoms. The molecule has 2 rings (SSSR count). The van der Waals surface area contributed by atoms with Crippen LogP contribution in [0.25, 0.3) is 11.3 Å². The molecule has 0 aliphatic rings. The van der Waals surface area contributed by atoms with Crippen LogP contribution in [0.1, 0.15) is 26.6 Å². The number of guanidine groups is 1. The Morgan fingerprint density at radius 2 is 2.04 bits per heavy atom. The number of carbonyl (C=O) groups is 1. The summed E-state index contributed by atoms with van der Waals surface area (Å²) in [5.74, 6) is 1.18. The van der Waals surface area contributed by atoms with E-state index in [1.807, 2.05) is 55.4 Å². The molecule has 1 amide bonds. The highest BCUT2D eigenvalue weighted by atomic mass is 16.1. The van der Waals surface area contributed by atoms with Crippen molar-refractivity contribution < 1.29 is 4.79 Å². The smallest absolute Gasteiger partial charge is 0.224 e. The molecule has 2 aromatic rings. The average Bonchev–Trinajstić information content (AvgIpc) is 3.07. The second kappa shape index (κ2) is 8.51. The van der Waals surface area contributed by atoms with E-state index in [1.165, 1.54) is 0 Å². The number of H-pyrrole nitrogens is 1. The van der Waals surface area contributed by atoms with Crippen molar-refractivity contribution in [3.63, 3.8) is 0 Å². The number of imidazole rings is 1. The Hall–Kier alpha value is -2.83. The number of aromatic amines is 1. The lowest BCUT2D eigenvalue weighted by Gasteiger charge is -2.23. The minimum atomic E-state index is -0.688. The first-order valence-electron chi connectivity index (χ1n) is 8.72. The van der Waals surface area contributed by atoms with Crippen LogP contribution in [0.2, 0.25) is 0 Å². The molecule has 0 radical (unpaired) electrons. The Bertz CT molecular complexity index is 750. The lowest BCUT2D eigenvalue weighted by atomic mass is 9.93. The summed E-state index contributed by atoms with van der Waals surface area (Å²) >= 11 is 0. The molecule has 4 N–H and O–H groups in total. The second-order valence-electron chi connectivity index (χ2n) is 6.88. The number of hydrogen-bond donors (Lipinski definition) is 3. The number of carbonyl (C=O) groups excluding carboxylic acids is 1. The summed E-state index contributed by atoms with van der Waals surface area (Å²) in [6, 6.07) is 10.1. The molecule has 0 saturated carbocycles. The maximum absolute atomic E-state index is 11.5. The van der Waals surface area contributed by atoms with Crippen molar-refractivity contribution in [3.05, 3.63) is 42.4 Å². The number of primary amides is 1. The Morgan fingerprint density at radius 1 is 1.35 bits per heavy atom. The van der Waals surface area contributed by atoms with E-state index in [1.54, 1.807) is 13.8 Å². The third-order valence-electron chi connectivity index (χ3n) is 4.09. The first-order valence-corrected chi connectivity index (χ1v) is 8.72. The third kappa shape index (κ3) is 5.08. The van der Waals surface area contributed by atoms with Crippen LogP contribution in [0.5, 0.6) is 0 Å². The minimum Gasteiger partial charge on any atom is -0.369 e. The normalized spacial score (nSPS) is 12.1. The maximum atomic E-state index is 11.5. The van der Waals surface area contributed by atoms with Crippen LogP contribution >= 0.6 is 0 Å². The van der Waals surface area contributed by atoms with Crippen molar-refractivity contribution in [3.8, 4) is 11.3 Å². The maximum Gasteiger partial charge on any atom is 0.224 e. The van der Waals surface area contributed by atoms with E-state index in [9.17, 15) is 4.79 Å². The zero-order valence-electron chi connectivity index (χ0n) is 15.9. The Morgan fingerprint density at radius 3 is 2.65 bits per heavy atom. The predicted octanol–water partition coefficient (Wildman–Crippen LogP) is 1.99. The molecule has 140 valence electrons. The summed E-state index contributed by atoms with van der Waals surface area (Å²) in [5.41, 5.74) is 6.82. The second-order valence-corrected chi connectivity index (χ2v) is 6.88. The van der Waals surface area contributed by atoms with Crippen LogP contribution in [0, 0.1) is 5.41 Å². The molecule has 0 unspecified atom stereocenters. The summed E-state index contributed by atoms with van der Waals surface area (Å²) in [4.78, 5) is 25.8. The highest BCUT2D eigenvalue weighted by molar-refractivity contribution is 5.82. The van der Waals surface area contributed by atoms with Gasteiger partial charge in [0.2, 0.25) is 5.91 Å². The minimum absolute atomic E-state index is 0.322. The van der Waals surface area contributed by atoms with Gasteiger partial charge in [0.05, 0.1) is 30.4 Å². The summed E-state index contributed by atoms with van der Waals surface area (Å²) in [7, 11) is 1.93. The van der Waals surface area contributed by atoms with Gasteiger partial charge in [-0.2, -0.15) is 0 Å². The van der Waals surface area contributed by atoms with Crippen molar-refractivity contribution in [2.45, 2.75) is 27.3 Å². The highest BCUT2D eigenvalue weighted by Gasteiger charge is 2.25. The zero-order valence-corrected chi connectivity index (χ0v) is 15.9. The van der Waals surface area contributed by atoms with Gasteiger partial charge in [0.15, 0.2) is 5.96 Å². The standard InChI is InChI=1S/C19H28N6O/c1-5-21-18(23-13-19(2,3)17(20)26)25(4)12-16-22-11-15(24-16)14-9-7-6-8-10-14/h6-11H,5,12-13H2,1-4H3,(H2,20,26)(H,21,23)(H,22,24). The molecular formula is C19H28N6O. The summed E-state index contributed by atoms with van der Waals surface area (Å²) in [6.45, 7) is 7.21. The van der Waals surface area contributed by atoms with Crippen molar-refractivity contribution >= 4 is 11.9 Å². The Kier molecular flexibility index (Phi) is 6.38. The van der Waals surface area contributed by atoms with Crippen molar-refractivity contribution in [1.29, 1.82) is 0 Å². The monoisotopic (exact) mass is 356 g/mol. The molecule has 0 fully saturated rings. The molecular weight excluding hydrogens is 328 g/mol. The van der Waals surface area contributed by atoms with Crippen LogP contribution in [-0.4, -0.2) is 46.9 Å². The molecule has 0 aliphatic heterocycles. The molecule has 0 spiro atoms. The van der Waals surface area contributed by atoms with Gasteiger partial charge in [0, 0.05) is 13.6 Å². The van der Waals surface area contributed by atoms with E-state index in [0.717, 1.165) is 23.6 Å². The van der Waals surface area contributed by atoms with E-state index in [2.05, 4.69) is 20.3 Å². The number of benzene rings is 1. The first-order chi connectivity index (χ1) is 12.3. The fraction of sp³-hybridized carbons (Fsp3) is 0.421. The third-order valence-corrected chi connectivity index (χ3v) is 4.09. The number of aromatic nitrogens is 2. The van der Waals surface area contributed by atoms with Crippen LogP contribution in [0.4, 0.5) is 0 Å². The molecule has 0 aliphatic carbocycles. The Labute approximate surface area is 154 Å². The number of nitrogens with zero attached hydrogens (tertiary/aromatic N) is 3. The topological polar surface area (TPSA) is 99.4 Å². The quantitative estimate of drug-likeness (QED) is 0.522. The molecule has 0 atom stereocenters. The molecule has 1 aromatic carbocycles. The lowest BCUT2D eigenvalue weighted by molar-refractivity contribution is -0.125. The van der Waals surface area contributed by atoms with E-state index < -0.39 is 5.41 Å². The van der Waals surface area contributed by atoms with E-state index >= 15 is 0 Å². The van der Waals surface area contributed by atoms with E-state index in [0.29, 0.717) is 19.0 Å². The first kappa shape index (κ1) is 19.5. The van der Waals surface area contributed by atoms with Gasteiger partial charge in [-0.15, -0.1) is 0 Å². The summed E-state index contributed by atoms with van der Waals surface area (Å²) < 4.78 is 0. The lowest BCUT2D eigenvalue weighted by Crippen LogP contribution is -2.41. The predicted molar refractivity (Wildman–Crippen MR) is 104 cm³/mol. The number of rotatable bonds is 7. The largest absolute Gasteiger partial charge is 0.369 e. The summed E-state index contributed by atoms with van der Waals surface area (Å²) in [6.07, 6.45) is 1.83. The van der Waals surface area contributed by atoms with Crippen molar-refractivity contribution in [2.24, 2.45) is 16.1 Å². The van der Waals surface area contributed by atoms with Gasteiger partial charge < -0.3 is 20.9 Å². The number of hydrogen-bond acceptors (Lipinski definition) is 3. The average molecular weight is 356 g/mol. The van der Waals surface area contributed by atoms with Gasteiger partial charge in [0.25, 0.3) is 0 Å². The Balaban J connectivity index is 2.09. The van der Waals surface area contributed by atoms with Crippen molar-refractivity contribution in [1.82, 2.24) is 20.2 Å². The fourth-order valence-electron chi connectivity index (χ4n) is 2.33. The van der Waals surface area contributed by atoms with Gasteiger partial charge >= 0.3 is 0 Å². The van der Waals surface area contributed by atoms with Crippen LogP contribution in [0.3, 0.4) is 0 Å². The van der Waals surface area contributed by atoms with E-state index in [4.69, 9.17) is 5.73 Å². The van der Waals surface area contributed by atoms with E-state index in [-0.39, 0.29) is 5.91 Å². The molecule has 7 nitrogen and oxygen atoms in total. The molecule has 1 aromatic heterocycles. The SMILES string of the molecule is CCNC(=NCC(C)(C)C(N)=O)N(C)Cc1ncc(-c2ccccc2)[nH]1. The van der Waals surface area contributed by atoms with Gasteiger partial charge in [-0.05, 0) is 26.3 Å². The summed E-state index contributed by atoms with van der Waals surface area (Å²) in [5, 5.41) is 3.23. The van der Waals surface area contributed by atoms with Crippen LogP contribution in [0.15, 0.2) is 41.5 Å². The molecule has 26 heavy (non-hydrogen) atoms. The number of aliphatic imine (C=N–C) groups is 1.